The molecule has 0 fully saturated rings. The van der Waals surface area contributed by atoms with Crippen LogP contribution in [0.5, 0.6) is 0 Å². The molecule has 0 atom stereocenters. The summed E-state index contributed by atoms with van der Waals surface area (Å²) in [5, 5.41) is 3.80. The number of anilines is 1. The van der Waals surface area contributed by atoms with E-state index in [4.69, 9.17) is 16.1 Å². The number of halogens is 1. The molecule has 0 aliphatic heterocycles. The van der Waals surface area contributed by atoms with Crippen LogP contribution >= 0.6 is 11.6 Å². The monoisotopic (exact) mass is 392 g/mol. The van der Waals surface area contributed by atoms with Crippen LogP contribution in [0, 0.1) is 0 Å². The van der Waals surface area contributed by atoms with Gasteiger partial charge in [0.1, 0.15) is 0 Å². The minimum absolute atomic E-state index is 0.0130. The molecule has 0 unspecified atom stereocenters. The number of nitrogens with zero attached hydrogens (tertiary/aromatic N) is 4. The first-order chi connectivity index (χ1) is 13.5. The molecule has 0 radical (unpaired) electrons. The van der Waals surface area contributed by atoms with Crippen molar-refractivity contribution in [2.75, 3.05) is 19.0 Å². The van der Waals surface area contributed by atoms with Crippen LogP contribution in [0.2, 0.25) is 5.35 Å². The Morgan fingerprint density at radius 2 is 1.71 bits per heavy atom. The summed E-state index contributed by atoms with van der Waals surface area (Å²) < 4.78 is 6.50. The fraction of sp³-hybridized carbons (Fsp3) is 0.0952. The molecule has 0 bridgehead atoms. The highest BCUT2D eigenvalue weighted by atomic mass is 35.5. The van der Waals surface area contributed by atoms with Crippen LogP contribution in [0.25, 0.3) is 28.3 Å². The van der Waals surface area contributed by atoms with Crippen LogP contribution in [0.3, 0.4) is 0 Å². The Bertz CT molecular complexity index is 1180. The zero-order valence-corrected chi connectivity index (χ0v) is 16.1. The van der Waals surface area contributed by atoms with Gasteiger partial charge in [-0.1, -0.05) is 29.4 Å². The van der Waals surface area contributed by atoms with Gasteiger partial charge in [0.05, 0.1) is 5.69 Å². The quantitative estimate of drug-likeness (QED) is 0.518. The lowest BCUT2D eigenvalue weighted by atomic mass is 10.1. The molecule has 2 aromatic heterocycles. The van der Waals surface area contributed by atoms with Gasteiger partial charge in [-0.25, -0.2) is 0 Å². The lowest BCUT2D eigenvalue weighted by Crippen LogP contribution is -2.19. The summed E-state index contributed by atoms with van der Waals surface area (Å²) in [6.45, 7) is 0. The molecule has 0 saturated carbocycles. The molecule has 0 spiro atoms. The van der Waals surface area contributed by atoms with Gasteiger partial charge in [0.25, 0.3) is 5.56 Å². The van der Waals surface area contributed by atoms with Crippen LogP contribution < -0.4 is 10.5 Å². The summed E-state index contributed by atoms with van der Waals surface area (Å²) in [6, 6.07) is 20.6. The Kier molecular flexibility index (Phi) is 4.71. The number of rotatable bonds is 4. The SMILES string of the molecule is CN(C)c1ccccc1-c1cccc(=O)n1-c1ccc(-c2noc(Cl)n2)cc1. The van der Waals surface area contributed by atoms with E-state index in [1.165, 1.54) is 0 Å². The summed E-state index contributed by atoms with van der Waals surface area (Å²) >= 11 is 5.70. The summed E-state index contributed by atoms with van der Waals surface area (Å²) in [5.41, 5.74) is 4.19. The van der Waals surface area contributed by atoms with Gasteiger partial charge in [-0.15, -0.1) is 0 Å². The van der Waals surface area contributed by atoms with Crippen LogP contribution in [0.4, 0.5) is 5.69 Å². The molecule has 4 aromatic rings. The number of para-hydroxylation sites is 1. The van der Waals surface area contributed by atoms with Gasteiger partial charge in [-0.2, -0.15) is 4.98 Å². The Hall–Kier alpha value is -3.38. The van der Waals surface area contributed by atoms with E-state index >= 15 is 0 Å². The molecule has 0 amide bonds. The number of hydrogen-bond donors (Lipinski definition) is 0. The van der Waals surface area contributed by atoms with Gasteiger partial charge in [0.2, 0.25) is 5.82 Å². The second kappa shape index (κ2) is 7.32. The van der Waals surface area contributed by atoms with Crippen LogP contribution in [0.15, 0.2) is 76.0 Å². The van der Waals surface area contributed by atoms with E-state index in [2.05, 4.69) is 10.1 Å². The topological polar surface area (TPSA) is 64.2 Å². The van der Waals surface area contributed by atoms with Crippen molar-refractivity contribution in [3.8, 4) is 28.3 Å². The Morgan fingerprint density at radius 1 is 0.964 bits per heavy atom. The Labute approximate surface area is 166 Å². The van der Waals surface area contributed by atoms with Crippen molar-refractivity contribution in [3.63, 3.8) is 0 Å². The summed E-state index contributed by atoms with van der Waals surface area (Å²) in [6.07, 6.45) is 0. The highest BCUT2D eigenvalue weighted by molar-refractivity contribution is 6.27. The van der Waals surface area contributed by atoms with Crippen LogP contribution in [-0.2, 0) is 0 Å². The zero-order valence-electron chi connectivity index (χ0n) is 15.3. The van der Waals surface area contributed by atoms with Gasteiger partial charge < -0.3 is 9.42 Å². The van der Waals surface area contributed by atoms with Crippen molar-refractivity contribution in [3.05, 3.63) is 82.4 Å². The molecular weight excluding hydrogens is 376 g/mol. The smallest absolute Gasteiger partial charge is 0.320 e. The van der Waals surface area contributed by atoms with Crippen molar-refractivity contribution < 1.29 is 4.52 Å². The summed E-state index contributed by atoms with van der Waals surface area (Å²) in [5.74, 6) is 0.398. The summed E-state index contributed by atoms with van der Waals surface area (Å²) in [4.78, 5) is 18.8. The van der Waals surface area contributed by atoms with E-state index in [0.717, 1.165) is 28.2 Å². The van der Waals surface area contributed by atoms with E-state index in [-0.39, 0.29) is 10.9 Å². The first-order valence-corrected chi connectivity index (χ1v) is 9.01. The van der Waals surface area contributed by atoms with E-state index in [0.29, 0.717) is 5.82 Å². The second-order valence-corrected chi connectivity index (χ2v) is 6.74. The molecule has 0 aliphatic carbocycles. The third-order valence-electron chi connectivity index (χ3n) is 4.40. The van der Waals surface area contributed by atoms with Crippen LogP contribution in [0.1, 0.15) is 0 Å². The zero-order chi connectivity index (χ0) is 19.7. The molecule has 2 aromatic carbocycles. The lowest BCUT2D eigenvalue weighted by molar-refractivity contribution is 0.421. The molecule has 0 saturated heterocycles. The molecule has 2 heterocycles. The number of hydrogen-bond acceptors (Lipinski definition) is 5. The maximum absolute atomic E-state index is 12.7. The van der Waals surface area contributed by atoms with Gasteiger partial charge in [0.15, 0.2) is 0 Å². The predicted molar refractivity (Wildman–Crippen MR) is 110 cm³/mol. The maximum atomic E-state index is 12.7. The highest BCUT2D eigenvalue weighted by Gasteiger charge is 2.13. The molecule has 140 valence electrons. The van der Waals surface area contributed by atoms with Gasteiger partial charge in [-0.05, 0) is 48.0 Å². The van der Waals surface area contributed by atoms with Crippen molar-refractivity contribution in [2.24, 2.45) is 0 Å². The third-order valence-corrected chi connectivity index (χ3v) is 4.55. The van der Waals surface area contributed by atoms with Crippen molar-refractivity contribution in [1.29, 1.82) is 0 Å². The first-order valence-electron chi connectivity index (χ1n) is 8.63. The van der Waals surface area contributed by atoms with E-state index in [1.807, 2.05) is 73.6 Å². The lowest BCUT2D eigenvalue weighted by Gasteiger charge is -2.20. The molecule has 6 nitrogen and oxygen atoms in total. The first kappa shape index (κ1) is 18.0. The molecule has 0 N–H and O–H groups in total. The Balaban J connectivity index is 1.85. The molecule has 0 aliphatic rings. The largest absolute Gasteiger partial charge is 0.377 e. The van der Waals surface area contributed by atoms with Crippen molar-refractivity contribution in [2.45, 2.75) is 0 Å². The number of pyridine rings is 1. The highest BCUT2D eigenvalue weighted by Crippen LogP contribution is 2.30. The minimum Gasteiger partial charge on any atom is -0.377 e. The maximum Gasteiger partial charge on any atom is 0.320 e. The van der Waals surface area contributed by atoms with Gasteiger partial charge in [-0.3, -0.25) is 9.36 Å². The summed E-state index contributed by atoms with van der Waals surface area (Å²) in [7, 11) is 3.96. The Morgan fingerprint density at radius 3 is 2.39 bits per heavy atom. The van der Waals surface area contributed by atoms with E-state index in [9.17, 15) is 4.79 Å². The molecular formula is C21H17ClN4O2. The standard InChI is InChI=1S/C21H17ClN4O2/c1-25(2)17-7-4-3-6-16(17)18-8-5-9-19(27)26(18)15-12-10-14(11-13-15)20-23-21(22)28-24-20/h3-13H,1-2H3. The number of aromatic nitrogens is 3. The fourth-order valence-electron chi connectivity index (χ4n) is 3.13. The minimum atomic E-state index is -0.110. The van der Waals surface area contributed by atoms with E-state index in [1.54, 1.807) is 16.7 Å². The average Bonchev–Trinajstić information content (AvgIpc) is 3.14. The van der Waals surface area contributed by atoms with Gasteiger partial charge >= 0.3 is 5.35 Å². The molecule has 7 heteroatoms. The predicted octanol–water partition coefficient (Wildman–Crippen LogP) is 4.27. The van der Waals surface area contributed by atoms with Crippen molar-refractivity contribution >= 4 is 17.3 Å². The molecule has 28 heavy (non-hydrogen) atoms. The third kappa shape index (κ3) is 3.30. The molecule has 4 rings (SSSR count). The van der Waals surface area contributed by atoms with E-state index < -0.39 is 0 Å². The number of benzene rings is 2. The van der Waals surface area contributed by atoms with Crippen molar-refractivity contribution in [1.82, 2.24) is 14.7 Å². The second-order valence-electron chi connectivity index (χ2n) is 6.41. The van der Waals surface area contributed by atoms with Gasteiger partial charge in [0, 0.05) is 42.7 Å². The van der Waals surface area contributed by atoms with Crippen LogP contribution in [-0.4, -0.2) is 28.8 Å². The normalized spacial score (nSPS) is 10.8. The fourth-order valence-corrected chi connectivity index (χ4v) is 3.24. The average molecular weight is 393 g/mol.